The number of esters is 1. The van der Waals surface area contributed by atoms with E-state index >= 15 is 0 Å². The summed E-state index contributed by atoms with van der Waals surface area (Å²) >= 11 is 0. The lowest BCUT2D eigenvalue weighted by molar-refractivity contribution is -0.145. The zero-order valence-electron chi connectivity index (χ0n) is 17.5. The van der Waals surface area contributed by atoms with Crippen LogP contribution in [0.25, 0.3) is 0 Å². The van der Waals surface area contributed by atoms with E-state index in [2.05, 4.69) is 11.9 Å². The van der Waals surface area contributed by atoms with E-state index in [9.17, 15) is 4.79 Å². The molecule has 0 fully saturated rings. The van der Waals surface area contributed by atoms with Crippen LogP contribution in [0.2, 0.25) is 0 Å². The van der Waals surface area contributed by atoms with Crippen molar-refractivity contribution >= 4 is 5.97 Å². The Bertz CT molecular complexity index is 464. The molecule has 0 bridgehead atoms. The molecule has 1 unspecified atom stereocenters. The van der Waals surface area contributed by atoms with Gasteiger partial charge in [0.1, 0.15) is 6.61 Å². The minimum absolute atomic E-state index is 0.0984. The second kappa shape index (κ2) is 16.7. The SMILES string of the molecule is COC(C)CCCCCCCCCCCCCC(=O)OCc1cccnc1. The molecule has 1 aromatic heterocycles. The standard InChI is InChI=1S/C23H39NO3/c1-21(26-2)15-12-10-8-6-4-3-5-7-9-11-13-17-23(25)27-20-22-16-14-18-24-19-22/h14,16,18-19,21H,3-13,15,17,20H2,1-2H3. The van der Waals surface area contributed by atoms with Crippen LogP contribution < -0.4 is 0 Å². The Kier molecular flexibility index (Phi) is 14.6. The first-order valence-electron chi connectivity index (χ1n) is 10.8. The third-order valence-electron chi connectivity index (χ3n) is 5.02. The van der Waals surface area contributed by atoms with Crippen LogP contribution in [-0.4, -0.2) is 24.2 Å². The molecule has 4 heteroatoms. The maximum absolute atomic E-state index is 11.7. The number of aromatic nitrogens is 1. The van der Waals surface area contributed by atoms with Crippen molar-refractivity contribution in [1.29, 1.82) is 0 Å². The van der Waals surface area contributed by atoms with Gasteiger partial charge in [0.25, 0.3) is 0 Å². The summed E-state index contributed by atoms with van der Waals surface area (Å²) in [6.45, 7) is 2.48. The molecule has 4 nitrogen and oxygen atoms in total. The normalized spacial score (nSPS) is 12.1. The molecule has 154 valence electrons. The van der Waals surface area contributed by atoms with Crippen LogP contribution in [0.3, 0.4) is 0 Å². The minimum Gasteiger partial charge on any atom is -0.461 e. The summed E-state index contributed by atoms with van der Waals surface area (Å²) in [7, 11) is 1.79. The maximum Gasteiger partial charge on any atom is 0.306 e. The van der Waals surface area contributed by atoms with Gasteiger partial charge in [-0.15, -0.1) is 0 Å². The lowest BCUT2D eigenvalue weighted by atomic mass is 10.0. The molecule has 0 radical (unpaired) electrons. The molecule has 1 atom stereocenters. The molecule has 1 rings (SSSR count). The second-order valence-electron chi connectivity index (χ2n) is 7.50. The van der Waals surface area contributed by atoms with Crippen molar-refractivity contribution in [2.75, 3.05) is 7.11 Å². The van der Waals surface area contributed by atoms with Crippen molar-refractivity contribution in [3.8, 4) is 0 Å². The third-order valence-corrected chi connectivity index (χ3v) is 5.02. The summed E-state index contributed by atoms with van der Waals surface area (Å²) < 4.78 is 10.5. The number of ether oxygens (including phenoxy) is 2. The van der Waals surface area contributed by atoms with Crippen LogP contribution >= 0.6 is 0 Å². The Morgan fingerprint density at radius 2 is 1.56 bits per heavy atom. The number of hydrogen-bond acceptors (Lipinski definition) is 4. The van der Waals surface area contributed by atoms with Crippen molar-refractivity contribution in [2.24, 2.45) is 0 Å². The quantitative estimate of drug-likeness (QED) is 0.238. The first-order valence-corrected chi connectivity index (χ1v) is 10.8. The highest BCUT2D eigenvalue weighted by atomic mass is 16.5. The van der Waals surface area contributed by atoms with E-state index in [1.54, 1.807) is 19.5 Å². The van der Waals surface area contributed by atoms with Gasteiger partial charge in [0, 0.05) is 31.5 Å². The summed E-state index contributed by atoms with van der Waals surface area (Å²) in [5.74, 6) is -0.0984. The Balaban J connectivity index is 1.79. The predicted octanol–water partition coefficient (Wildman–Crippen LogP) is 6.23. The van der Waals surface area contributed by atoms with Crippen LogP contribution in [0, 0.1) is 0 Å². The number of nitrogens with zero attached hydrogens (tertiary/aromatic N) is 1. The van der Waals surface area contributed by atoms with E-state index in [0.717, 1.165) is 18.4 Å². The van der Waals surface area contributed by atoms with Gasteiger partial charge in [-0.1, -0.05) is 70.3 Å². The average Bonchev–Trinajstić information content (AvgIpc) is 2.70. The fourth-order valence-electron chi connectivity index (χ4n) is 3.13. The molecule has 0 aromatic carbocycles. The number of unbranched alkanes of at least 4 members (excludes halogenated alkanes) is 10. The highest BCUT2D eigenvalue weighted by Crippen LogP contribution is 2.13. The van der Waals surface area contributed by atoms with Gasteiger partial charge in [0.15, 0.2) is 0 Å². The molecule has 0 aliphatic heterocycles. The third kappa shape index (κ3) is 14.3. The molecule has 0 aliphatic rings. The zero-order chi connectivity index (χ0) is 19.6. The number of carbonyl (C=O) groups is 1. The molecule has 0 spiro atoms. The molecule has 0 saturated carbocycles. The average molecular weight is 378 g/mol. The monoisotopic (exact) mass is 377 g/mol. The Morgan fingerprint density at radius 1 is 0.963 bits per heavy atom. The molecular weight excluding hydrogens is 338 g/mol. The molecule has 0 saturated heterocycles. The summed E-state index contributed by atoms with van der Waals surface area (Å²) in [6.07, 6.45) is 19.5. The maximum atomic E-state index is 11.7. The van der Waals surface area contributed by atoms with E-state index in [1.807, 2.05) is 12.1 Å². The number of hydrogen-bond donors (Lipinski definition) is 0. The van der Waals surface area contributed by atoms with E-state index in [1.165, 1.54) is 64.2 Å². The smallest absolute Gasteiger partial charge is 0.306 e. The van der Waals surface area contributed by atoms with Crippen molar-refractivity contribution in [2.45, 2.75) is 103 Å². The van der Waals surface area contributed by atoms with Gasteiger partial charge in [0.05, 0.1) is 6.10 Å². The summed E-state index contributed by atoms with van der Waals surface area (Å²) in [5.41, 5.74) is 0.940. The van der Waals surface area contributed by atoms with Crippen molar-refractivity contribution < 1.29 is 14.3 Å². The van der Waals surface area contributed by atoms with Crippen LogP contribution in [-0.2, 0) is 20.9 Å². The van der Waals surface area contributed by atoms with Gasteiger partial charge in [0.2, 0.25) is 0 Å². The lowest BCUT2D eigenvalue weighted by Crippen LogP contribution is -2.04. The minimum atomic E-state index is -0.0984. The van der Waals surface area contributed by atoms with Gasteiger partial charge in [-0.05, 0) is 25.8 Å². The molecule has 0 N–H and O–H groups in total. The molecule has 0 amide bonds. The van der Waals surface area contributed by atoms with Gasteiger partial charge in [-0.3, -0.25) is 9.78 Å². The molecular formula is C23H39NO3. The number of methoxy groups -OCH3 is 1. The highest BCUT2D eigenvalue weighted by Gasteiger charge is 2.03. The fraction of sp³-hybridized carbons (Fsp3) is 0.739. The summed E-state index contributed by atoms with van der Waals surface area (Å²) in [6, 6.07) is 3.77. The second-order valence-corrected chi connectivity index (χ2v) is 7.50. The number of carbonyl (C=O) groups excluding carboxylic acids is 1. The molecule has 1 heterocycles. The largest absolute Gasteiger partial charge is 0.461 e. The van der Waals surface area contributed by atoms with Gasteiger partial charge in [-0.25, -0.2) is 0 Å². The Labute approximate surface area is 166 Å². The van der Waals surface area contributed by atoms with Crippen LogP contribution in [0.1, 0.15) is 96.0 Å². The van der Waals surface area contributed by atoms with E-state index in [-0.39, 0.29) is 5.97 Å². The van der Waals surface area contributed by atoms with E-state index < -0.39 is 0 Å². The highest BCUT2D eigenvalue weighted by molar-refractivity contribution is 5.69. The van der Waals surface area contributed by atoms with Gasteiger partial charge >= 0.3 is 5.97 Å². The van der Waals surface area contributed by atoms with Crippen molar-refractivity contribution in [1.82, 2.24) is 4.98 Å². The van der Waals surface area contributed by atoms with E-state index in [4.69, 9.17) is 9.47 Å². The van der Waals surface area contributed by atoms with Crippen molar-refractivity contribution in [3.05, 3.63) is 30.1 Å². The van der Waals surface area contributed by atoms with Gasteiger partial charge in [-0.2, -0.15) is 0 Å². The number of pyridine rings is 1. The number of rotatable bonds is 17. The predicted molar refractivity (Wildman–Crippen MR) is 111 cm³/mol. The van der Waals surface area contributed by atoms with E-state index in [0.29, 0.717) is 19.1 Å². The molecule has 1 aromatic rings. The summed E-state index contributed by atoms with van der Waals surface area (Å²) in [4.78, 5) is 15.7. The fourth-order valence-corrected chi connectivity index (χ4v) is 3.13. The first-order chi connectivity index (χ1) is 13.2. The van der Waals surface area contributed by atoms with Crippen LogP contribution in [0.5, 0.6) is 0 Å². The first kappa shape index (κ1) is 23.6. The van der Waals surface area contributed by atoms with Crippen LogP contribution in [0.4, 0.5) is 0 Å². The molecule has 27 heavy (non-hydrogen) atoms. The zero-order valence-corrected chi connectivity index (χ0v) is 17.5. The van der Waals surface area contributed by atoms with Crippen molar-refractivity contribution in [3.63, 3.8) is 0 Å². The van der Waals surface area contributed by atoms with Gasteiger partial charge < -0.3 is 9.47 Å². The topological polar surface area (TPSA) is 48.4 Å². The lowest BCUT2D eigenvalue weighted by Gasteiger charge is -2.08. The Hall–Kier alpha value is -1.42. The summed E-state index contributed by atoms with van der Waals surface area (Å²) in [5, 5.41) is 0. The Morgan fingerprint density at radius 3 is 2.11 bits per heavy atom. The molecule has 0 aliphatic carbocycles. The van der Waals surface area contributed by atoms with Crippen LogP contribution in [0.15, 0.2) is 24.5 Å².